The molecule has 1 aliphatic rings. The average Bonchev–Trinajstić information content (AvgIpc) is 2.99. The number of aliphatic hydroxyl groups is 1. The van der Waals surface area contributed by atoms with Crippen LogP contribution in [0.2, 0.25) is 0 Å². The first-order valence-electron chi connectivity index (χ1n) is 8.41. The molecule has 0 spiro atoms. The largest absolute Gasteiger partial charge is 0.437 e. The van der Waals surface area contributed by atoms with Crippen molar-refractivity contribution >= 4 is 17.2 Å². The van der Waals surface area contributed by atoms with Gasteiger partial charge in [-0.1, -0.05) is 0 Å². The number of hydrogen-bond donors (Lipinski definition) is 4. The fourth-order valence-electron chi connectivity index (χ4n) is 2.76. The van der Waals surface area contributed by atoms with Crippen LogP contribution < -0.4 is 16.0 Å². The predicted molar refractivity (Wildman–Crippen MR) is 92.8 cm³/mol. The van der Waals surface area contributed by atoms with Crippen molar-refractivity contribution in [3.05, 3.63) is 29.7 Å². The summed E-state index contributed by atoms with van der Waals surface area (Å²) >= 11 is 0. The molecule has 11 heteroatoms. The zero-order valence-electron chi connectivity index (χ0n) is 14.7. The number of anilines is 3. The summed E-state index contributed by atoms with van der Waals surface area (Å²) in [7, 11) is 1.75. The second-order valence-electron chi connectivity index (χ2n) is 6.18. The first kappa shape index (κ1) is 19.4. The minimum Gasteiger partial charge on any atom is -0.390 e. The van der Waals surface area contributed by atoms with Gasteiger partial charge in [0.1, 0.15) is 0 Å². The topological polar surface area (TPSA) is 96.3 Å². The minimum atomic E-state index is -4.63. The maximum absolute atomic E-state index is 13.2. The van der Waals surface area contributed by atoms with Crippen molar-refractivity contribution in [2.45, 2.75) is 18.9 Å². The van der Waals surface area contributed by atoms with Gasteiger partial charge in [-0.2, -0.15) is 13.2 Å². The molecule has 0 unspecified atom stereocenters. The van der Waals surface area contributed by atoms with Crippen molar-refractivity contribution < 1.29 is 23.0 Å². The number of halogens is 3. The summed E-state index contributed by atoms with van der Waals surface area (Å²) in [5.74, 6) is 0.156. The summed E-state index contributed by atoms with van der Waals surface area (Å²) in [6.45, 7) is 1.86. The third kappa shape index (κ3) is 4.87. The zero-order valence-corrected chi connectivity index (χ0v) is 14.7. The molecule has 1 aliphatic heterocycles. The van der Waals surface area contributed by atoms with Crippen molar-refractivity contribution in [2.24, 2.45) is 7.05 Å². The number of aromatic nitrogens is 3. The number of ether oxygens (including phenoxy) is 1. The van der Waals surface area contributed by atoms with E-state index in [0.717, 1.165) is 6.54 Å². The summed E-state index contributed by atoms with van der Waals surface area (Å²) in [6, 6.07) is 2.94. The highest BCUT2D eigenvalue weighted by molar-refractivity contribution is 5.62. The Morgan fingerprint density at radius 1 is 1.37 bits per heavy atom. The molecule has 0 bridgehead atoms. The van der Waals surface area contributed by atoms with Gasteiger partial charge in [-0.15, -0.1) is 10.2 Å². The highest BCUT2D eigenvalue weighted by atomic mass is 19.4. The molecule has 1 fully saturated rings. The van der Waals surface area contributed by atoms with Crippen LogP contribution in [0.15, 0.2) is 18.3 Å². The lowest BCUT2D eigenvalue weighted by atomic mass is 10.2. The third-order valence-corrected chi connectivity index (χ3v) is 4.13. The fourth-order valence-corrected chi connectivity index (χ4v) is 2.76. The lowest BCUT2D eigenvalue weighted by Gasteiger charge is -2.24. The van der Waals surface area contributed by atoms with E-state index in [1.165, 1.54) is 6.07 Å². The molecule has 0 amide bonds. The molecule has 1 atom stereocenters. The first-order valence-corrected chi connectivity index (χ1v) is 8.41. The molecule has 0 saturated carbocycles. The number of aliphatic hydroxyl groups excluding tert-OH is 1. The molecule has 4 N–H and O–H groups in total. The maximum Gasteiger partial charge on any atom is 0.437 e. The molecule has 0 aliphatic carbocycles. The number of nitrogens with zero attached hydrogens (tertiary/aromatic N) is 3. The van der Waals surface area contributed by atoms with Crippen LogP contribution in [0.4, 0.5) is 30.4 Å². The Morgan fingerprint density at radius 2 is 2.19 bits per heavy atom. The van der Waals surface area contributed by atoms with E-state index in [1.807, 2.05) is 0 Å². The smallest absolute Gasteiger partial charge is 0.390 e. The molecule has 27 heavy (non-hydrogen) atoms. The highest BCUT2D eigenvalue weighted by Gasteiger charge is 2.36. The van der Waals surface area contributed by atoms with Crippen molar-refractivity contribution in [3.8, 4) is 0 Å². The Bertz CT molecular complexity index is 774. The lowest BCUT2D eigenvalue weighted by Crippen LogP contribution is -2.42. The van der Waals surface area contributed by atoms with Crippen molar-refractivity contribution in [3.63, 3.8) is 0 Å². The van der Waals surface area contributed by atoms with E-state index in [0.29, 0.717) is 24.5 Å². The standard InChI is InChI=1S/C16H21F3N6O2/c1-25-8-10(4-11(25)9-26)22-14-5-13(15(24-23-14)16(17,18)19)21-7-12-6-20-2-3-27-12/h4-5,8,12,20,26H,2-3,6-7,9H2,1H3,(H2,21,22,23)/t12-/m1/s1. The van der Waals surface area contributed by atoms with E-state index in [1.54, 1.807) is 23.9 Å². The summed E-state index contributed by atoms with van der Waals surface area (Å²) in [5, 5.41) is 25.0. The molecule has 8 nitrogen and oxygen atoms in total. The average molecular weight is 386 g/mol. The van der Waals surface area contributed by atoms with Gasteiger partial charge in [0, 0.05) is 44.6 Å². The van der Waals surface area contributed by atoms with E-state index < -0.39 is 11.9 Å². The van der Waals surface area contributed by atoms with E-state index in [2.05, 4.69) is 26.1 Å². The van der Waals surface area contributed by atoms with Crippen LogP contribution in [0.3, 0.4) is 0 Å². The van der Waals surface area contributed by atoms with Crippen molar-refractivity contribution in [1.82, 2.24) is 20.1 Å². The van der Waals surface area contributed by atoms with E-state index in [9.17, 15) is 18.3 Å². The van der Waals surface area contributed by atoms with Crippen molar-refractivity contribution in [2.75, 3.05) is 36.9 Å². The Hall–Kier alpha value is -2.37. The van der Waals surface area contributed by atoms with Crippen molar-refractivity contribution in [1.29, 1.82) is 0 Å². The van der Waals surface area contributed by atoms with E-state index >= 15 is 0 Å². The minimum absolute atomic E-state index is 0.154. The van der Waals surface area contributed by atoms with Crippen LogP contribution in [-0.2, 0) is 24.6 Å². The molecule has 148 valence electrons. The number of alkyl halides is 3. The SMILES string of the molecule is Cn1cc(Nc2cc(NC[C@H]3CNCCO3)c(C(F)(F)F)nn2)cc1CO. The van der Waals surface area contributed by atoms with Gasteiger partial charge in [0.2, 0.25) is 0 Å². The number of morpholine rings is 1. The molecule has 2 aromatic rings. The van der Waals surface area contributed by atoms with Gasteiger partial charge in [-0.05, 0) is 6.07 Å². The van der Waals surface area contributed by atoms with Gasteiger partial charge in [0.15, 0.2) is 11.5 Å². The summed E-state index contributed by atoms with van der Waals surface area (Å²) in [6.07, 6.45) is -3.17. The molecular formula is C16H21F3N6O2. The maximum atomic E-state index is 13.2. The van der Waals surface area contributed by atoms with Gasteiger partial charge >= 0.3 is 6.18 Å². The molecular weight excluding hydrogens is 365 g/mol. The Labute approximate surface area is 153 Å². The number of aryl methyl sites for hydroxylation is 1. The summed E-state index contributed by atoms with van der Waals surface area (Å²) in [4.78, 5) is 0. The number of rotatable bonds is 6. The summed E-state index contributed by atoms with van der Waals surface area (Å²) < 4.78 is 46.9. The molecule has 2 aromatic heterocycles. The fraction of sp³-hybridized carbons (Fsp3) is 0.500. The van der Waals surface area contributed by atoms with Crippen LogP contribution in [0, 0.1) is 0 Å². The second-order valence-corrected chi connectivity index (χ2v) is 6.18. The van der Waals surface area contributed by atoms with E-state index in [4.69, 9.17) is 4.74 Å². The second kappa shape index (κ2) is 8.11. The van der Waals surface area contributed by atoms with E-state index in [-0.39, 0.29) is 30.8 Å². The normalized spacial score (nSPS) is 17.7. The molecule has 0 aromatic carbocycles. The molecule has 3 rings (SSSR count). The van der Waals surface area contributed by atoms with Crippen LogP contribution in [0.5, 0.6) is 0 Å². The molecule has 3 heterocycles. The zero-order chi connectivity index (χ0) is 19.4. The van der Waals surface area contributed by atoms with Crippen LogP contribution in [0.1, 0.15) is 11.4 Å². The third-order valence-electron chi connectivity index (χ3n) is 4.13. The Morgan fingerprint density at radius 3 is 2.81 bits per heavy atom. The summed E-state index contributed by atoms with van der Waals surface area (Å²) in [5.41, 5.74) is -0.0209. The monoisotopic (exact) mass is 386 g/mol. The first-order chi connectivity index (χ1) is 12.9. The van der Waals surface area contributed by atoms with Gasteiger partial charge in [-0.25, -0.2) is 0 Å². The van der Waals surface area contributed by atoms with Gasteiger partial charge in [0.05, 0.1) is 30.7 Å². The number of nitrogens with one attached hydrogen (secondary N) is 3. The number of hydrogen-bond acceptors (Lipinski definition) is 7. The van der Waals surface area contributed by atoms with Crippen LogP contribution in [-0.4, -0.2) is 52.2 Å². The predicted octanol–water partition coefficient (Wildman–Crippen LogP) is 1.47. The van der Waals surface area contributed by atoms with Gasteiger partial charge in [0.25, 0.3) is 0 Å². The quantitative estimate of drug-likeness (QED) is 0.597. The molecule has 0 radical (unpaired) electrons. The van der Waals surface area contributed by atoms with Crippen LogP contribution >= 0.6 is 0 Å². The van der Waals surface area contributed by atoms with Gasteiger partial charge in [-0.3, -0.25) is 0 Å². The highest BCUT2D eigenvalue weighted by Crippen LogP contribution is 2.34. The Balaban J connectivity index is 1.78. The Kier molecular flexibility index (Phi) is 5.82. The molecule has 1 saturated heterocycles. The van der Waals surface area contributed by atoms with Gasteiger partial charge < -0.3 is 30.4 Å². The van der Waals surface area contributed by atoms with Crippen LogP contribution in [0.25, 0.3) is 0 Å². The lowest BCUT2D eigenvalue weighted by molar-refractivity contribution is -0.141.